The number of carbonyl (C=O) groups is 1. The number of halogens is 3. The molecule has 0 saturated heterocycles. The van der Waals surface area contributed by atoms with Crippen LogP contribution in [0, 0.1) is 16.0 Å². The topological polar surface area (TPSA) is 72.2 Å². The van der Waals surface area contributed by atoms with Gasteiger partial charge in [0.1, 0.15) is 5.56 Å². The molecule has 1 rings (SSSR count). The van der Waals surface area contributed by atoms with Gasteiger partial charge in [0.2, 0.25) is 5.91 Å². The van der Waals surface area contributed by atoms with Gasteiger partial charge in [-0.25, -0.2) is 0 Å². The maximum absolute atomic E-state index is 12.7. The van der Waals surface area contributed by atoms with Crippen LogP contribution in [0.15, 0.2) is 18.2 Å². The van der Waals surface area contributed by atoms with Gasteiger partial charge in [-0.15, -0.1) is 0 Å². The zero-order valence-electron chi connectivity index (χ0n) is 11.1. The summed E-state index contributed by atoms with van der Waals surface area (Å²) in [6, 6.07) is 1.99. The fourth-order valence-corrected chi connectivity index (χ4v) is 1.24. The smallest absolute Gasteiger partial charge is 0.326 e. The Morgan fingerprint density at radius 1 is 1.47 bits per heavy atom. The fourth-order valence-electron chi connectivity index (χ4n) is 1.24. The molecule has 0 bridgehead atoms. The average Bonchev–Trinajstić information content (AvgIpc) is 2.34. The molecular formula is C11H11F3N2O3. The number of nitrogens with zero attached hydrogens (tertiary/aromatic N) is 1. The predicted molar refractivity (Wildman–Crippen MR) is 61.6 cm³/mol. The van der Waals surface area contributed by atoms with E-state index in [9.17, 15) is 28.1 Å². The van der Waals surface area contributed by atoms with Crippen LogP contribution in [0.5, 0.6) is 0 Å². The minimum atomic E-state index is -4.94. The van der Waals surface area contributed by atoms with Crippen LogP contribution in [0.3, 0.4) is 0 Å². The molecule has 0 aliphatic heterocycles. The van der Waals surface area contributed by atoms with Crippen LogP contribution in [-0.4, -0.2) is 10.8 Å². The lowest BCUT2D eigenvalue weighted by Crippen LogP contribution is -2.18. The monoisotopic (exact) mass is 277 g/mol. The standard InChI is InChI=1S/C11H11F3N2O3/c1-6(2)10(17)15-7-3-4-9(16(18)19)8(5-7)11(12,13)14/h3-6H,1-2H3,(H,15,17)/i/hD. The van der Waals surface area contributed by atoms with Crippen LogP contribution in [0.4, 0.5) is 24.5 Å². The van der Waals surface area contributed by atoms with Gasteiger partial charge < -0.3 is 5.31 Å². The molecule has 0 unspecified atom stereocenters. The summed E-state index contributed by atoms with van der Waals surface area (Å²) in [5, 5.41) is 10.9. The van der Waals surface area contributed by atoms with Crippen molar-refractivity contribution < 1.29 is 24.3 Å². The number of hydrogen-bond donors (Lipinski definition) is 1. The highest BCUT2D eigenvalue weighted by Gasteiger charge is 2.38. The molecule has 0 saturated carbocycles. The summed E-state index contributed by atoms with van der Waals surface area (Å²) in [4.78, 5) is 21.0. The first-order valence-electron chi connectivity index (χ1n) is 5.69. The van der Waals surface area contributed by atoms with Crippen LogP contribution in [0.25, 0.3) is 0 Å². The second-order valence-electron chi connectivity index (χ2n) is 4.06. The van der Waals surface area contributed by atoms with Crippen molar-refractivity contribution in [2.24, 2.45) is 5.92 Å². The fraction of sp³-hybridized carbons (Fsp3) is 0.364. The molecule has 19 heavy (non-hydrogen) atoms. The van der Waals surface area contributed by atoms with Crippen LogP contribution in [0.1, 0.15) is 19.4 Å². The zero-order valence-corrected chi connectivity index (χ0v) is 10.1. The van der Waals surface area contributed by atoms with E-state index in [1.807, 2.05) is 0 Å². The van der Waals surface area contributed by atoms with E-state index in [-0.39, 0.29) is 5.69 Å². The zero-order chi connectivity index (χ0) is 15.7. The van der Waals surface area contributed by atoms with E-state index in [1.54, 1.807) is 0 Å². The minimum Gasteiger partial charge on any atom is -0.326 e. The van der Waals surface area contributed by atoms with E-state index in [2.05, 4.69) is 0 Å². The summed E-state index contributed by atoms with van der Waals surface area (Å²) >= 11 is 0. The van der Waals surface area contributed by atoms with Crippen molar-refractivity contribution >= 4 is 17.3 Å². The molecule has 1 amide bonds. The summed E-state index contributed by atoms with van der Waals surface area (Å²) in [6.45, 7) is 2.97. The van der Waals surface area contributed by atoms with Crippen LogP contribution >= 0.6 is 0 Å². The van der Waals surface area contributed by atoms with Gasteiger partial charge in [0.15, 0.2) is 1.41 Å². The average molecular weight is 277 g/mol. The lowest BCUT2D eigenvalue weighted by atomic mass is 10.1. The first kappa shape index (κ1) is 13.3. The van der Waals surface area contributed by atoms with Gasteiger partial charge in [-0.2, -0.15) is 13.2 Å². The van der Waals surface area contributed by atoms with Crippen molar-refractivity contribution in [3.05, 3.63) is 33.9 Å². The van der Waals surface area contributed by atoms with Gasteiger partial charge in [0.25, 0.3) is 5.69 Å². The second-order valence-corrected chi connectivity index (χ2v) is 4.06. The second kappa shape index (κ2) is 5.25. The first-order chi connectivity index (χ1) is 9.05. The summed E-state index contributed by atoms with van der Waals surface area (Å²) in [6.07, 6.45) is -4.94. The van der Waals surface area contributed by atoms with Crippen LogP contribution in [-0.2, 0) is 11.0 Å². The van der Waals surface area contributed by atoms with E-state index in [0.717, 1.165) is 6.07 Å². The van der Waals surface area contributed by atoms with E-state index < -0.39 is 34.2 Å². The highest BCUT2D eigenvalue weighted by Crippen LogP contribution is 2.37. The van der Waals surface area contributed by atoms with E-state index >= 15 is 0 Å². The lowest BCUT2D eigenvalue weighted by molar-refractivity contribution is -0.388. The van der Waals surface area contributed by atoms with Crippen molar-refractivity contribution in [2.45, 2.75) is 20.0 Å². The Balaban J connectivity index is 3.33. The SMILES string of the molecule is [2H]N(C(=O)C(C)C)c1ccc([N+](=O)[O-])c(C(F)(F)F)c1. The number of nitro groups is 1. The molecular weight excluding hydrogens is 265 g/mol. The molecule has 5 nitrogen and oxygen atoms in total. The predicted octanol–water partition coefficient (Wildman–Crippen LogP) is 3.21. The molecule has 0 aliphatic carbocycles. The highest BCUT2D eigenvalue weighted by molar-refractivity contribution is 5.92. The third kappa shape index (κ3) is 3.67. The number of anilines is 1. The molecule has 104 valence electrons. The Labute approximate surface area is 108 Å². The molecule has 0 atom stereocenters. The third-order valence-corrected chi connectivity index (χ3v) is 2.22. The largest absolute Gasteiger partial charge is 0.423 e. The summed E-state index contributed by atoms with van der Waals surface area (Å²) in [7, 11) is 0. The Morgan fingerprint density at radius 3 is 2.47 bits per heavy atom. The number of nitrogens with one attached hydrogen (secondary N) is 1. The highest BCUT2D eigenvalue weighted by atomic mass is 19.4. The molecule has 0 fully saturated rings. The Bertz CT molecular complexity index is 546. The van der Waals surface area contributed by atoms with Gasteiger partial charge in [0.05, 0.1) is 4.92 Å². The molecule has 0 radical (unpaired) electrons. The Hall–Kier alpha value is -2.12. The Morgan fingerprint density at radius 2 is 2.05 bits per heavy atom. The molecule has 1 N–H and O–H groups in total. The van der Waals surface area contributed by atoms with E-state index in [1.165, 1.54) is 13.8 Å². The maximum atomic E-state index is 12.7. The van der Waals surface area contributed by atoms with Gasteiger partial charge in [-0.3, -0.25) is 14.9 Å². The molecule has 0 aromatic heterocycles. The van der Waals surface area contributed by atoms with E-state index in [0.29, 0.717) is 17.4 Å². The molecule has 1 aromatic rings. The van der Waals surface area contributed by atoms with Crippen molar-refractivity contribution in [1.82, 2.24) is 0 Å². The van der Waals surface area contributed by atoms with Gasteiger partial charge >= 0.3 is 6.18 Å². The number of carbonyl (C=O) groups excluding carboxylic acids is 1. The number of hydrogen-bond acceptors (Lipinski definition) is 3. The van der Waals surface area contributed by atoms with E-state index in [4.69, 9.17) is 1.41 Å². The van der Waals surface area contributed by atoms with Crippen molar-refractivity contribution in [2.75, 3.05) is 5.31 Å². The van der Waals surface area contributed by atoms with Gasteiger partial charge in [-0.1, -0.05) is 13.8 Å². The number of amides is 1. The molecule has 0 heterocycles. The summed E-state index contributed by atoms with van der Waals surface area (Å²) < 4.78 is 45.7. The third-order valence-electron chi connectivity index (χ3n) is 2.22. The first-order valence-corrected chi connectivity index (χ1v) is 5.24. The maximum Gasteiger partial charge on any atom is 0.423 e. The number of benzene rings is 1. The van der Waals surface area contributed by atoms with Gasteiger partial charge in [-0.05, 0) is 12.1 Å². The number of nitro benzene ring substituents is 1. The minimum absolute atomic E-state index is 0.295. The van der Waals surface area contributed by atoms with Crippen molar-refractivity contribution in [1.29, 1.82) is 0 Å². The van der Waals surface area contributed by atoms with Crippen LogP contribution in [0.2, 0.25) is 1.41 Å². The quantitative estimate of drug-likeness (QED) is 0.681. The van der Waals surface area contributed by atoms with Crippen LogP contribution < -0.4 is 5.31 Å². The summed E-state index contributed by atoms with van der Waals surface area (Å²) in [5.74, 6) is -1.30. The number of alkyl halides is 3. The summed E-state index contributed by atoms with van der Waals surface area (Å²) in [5.41, 5.74) is -2.98. The normalized spacial score (nSPS) is 12.2. The molecule has 1 aromatic carbocycles. The van der Waals surface area contributed by atoms with Gasteiger partial charge in [0, 0.05) is 17.7 Å². The number of rotatable bonds is 3. The van der Waals surface area contributed by atoms with Crippen molar-refractivity contribution in [3.8, 4) is 0 Å². The van der Waals surface area contributed by atoms with Crippen molar-refractivity contribution in [3.63, 3.8) is 0 Å². The molecule has 0 spiro atoms. The molecule has 8 heteroatoms. The molecule has 0 aliphatic rings. The lowest BCUT2D eigenvalue weighted by Gasteiger charge is -2.11. The Kier molecular flexibility index (Phi) is 3.68.